The zero-order chi connectivity index (χ0) is 15.4. The van der Waals surface area contributed by atoms with Crippen LogP contribution in [0.1, 0.15) is 23.7 Å². The summed E-state index contributed by atoms with van der Waals surface area (Å²) in [7, 11) is 0. The van der Waals surface area contributed by atoms with Crippen LogP contribution < -0.4 is 15.8 Å². The third kappa shape index (κ3) is 3.51. The molecule has 0 unspecified atom stereocenters. The molecular formula is C16H19N3O2. The van der Waals surface area contributed by atoms with E-state index < -0.39 is 0 Å². The highest BCUT2D eigenvalue weighted by Gasteiger charge is 2.09. The topological polar surface area (TPSA) is 77.2 Å². The number of nitrogens with one attached hydrogen (secondary N) is 1. The number of rotatable bonds is 4. The molecule has 2 aromatic rings. The van der Waals surface area contributed by atoms with Gasteiger partial charge in [-0.05, 0) is 37.1 Å². The average molecular weight is 285 g/mol. The van der Waals surface area contributed by atoms with Crippen molar-refractivity contribution in [2.75, 3.05) is 11.1 Å². The van der Waals surface area contributed by atoms with E-state index in [9.17, 15) is 4.79 Å². The maximum absolute atomic E-state index is 11.2. The number of aryl methyl sites for hydroxylation is 1. The Morgan fingerprint density at radius 3 is 2.76 bits per heavy atom. The number of benzene rings is 1. The lowest BCUT2D eigenvalue weighted by atomic mass is 10.1. The summed E-state index contributed by atoms with van der Waals surface area (Å²) in [6, 6.07) is 7.29. The number of hydrogen-bond acceptors (Lipinski definition) is 4. The van der Waals surface area contributed by atoms with Gasteiger partial charge in [-0.2, -0.15) is 0 Å². The molecule has 0 saturated heterocycles. The van der Waals surface area contributed by atoms with Crippen LogP contribution >= 0.6 is 0 Å². The number of para-hydroxylation sites is 2. The fourth-order valence-corrected chi connectivity index (χ4v) is 1.97. The average Bonchev–Trinajstić information content (AvgIpc) is 2.45. The molecule has 1 aromatic carbocycles. The molecule has 0 aliphatic rings. The van der Waals surface area contributed by atoms with Gasteiger partial charge in [-0.15, -0.1) is 0 Å². The van der Waals surface area contributed by atoms with Gasteiger partial charge in [0.2, 0.25) is 5.91 Å². The monoisotopic (exact) mass is 285 g/mol. The van der Waals surface area contributed by atoms with E-state index in [-0.39, 0.29) is 5.91 Å². The standard InChI is InChI=1S/C16H19N3O2/c1-10-8-18-14(11(2)16(10)17)9-21-15-7-5-4-6-13(15)19-12(3)20/h4-8H,9H2,1-3H3,(H2,17,18)(H,19,20). The normalized spacial score (nSPS) is 10.2. The Hall–Kier alpha value is -2.56. The number of carbonyl (C=O) groups excluding carboxylic acids is 1. The van der Waals surface area contributed by atoms with Crippen molar-refractivity contribution in [2.45, 2.75) is 27.4 Å². The predicted octanol–water partition coefficient (Wildman–Crippen LogP) is 2.82. The lowest BCUT2D eigenvalue weighted by Crippen LogP contribution is -2.09. The van der Waals surface area contributed by atoms with Crippen molar-refractivity contribution < 1.29 is 9.53 Å². The molecule has 0 fully saturated rings. The maximum atomic E-state index is 11.2. The summed E-state index contributed by atoms with van der Waals surface area (Å²) in [6.45, 7) is 5.61. The van der Waals surface area contributed by atoms with Crippen LogP contribution in [-0.4, -0.2) is 10.9 Å². The quantitative estimate of drug-likeness (QED) is 0.905. The van der Waals surface area contributed by atoms with Gasteiger partial charge in [0.15, 0.2) is 0 Å². The van der Waals surface area contributed by atoms with Gasteiger partial charge in [-0.25, -0.2) is 0 Å². The van der Waals surface area contributed by atoms with Gasteiger partial charge in [0.1, 0.15) is 12.4 Å². The van der Waals surface area contributed by atoms with E-state index in [4.69, 9.17) is 10.5 Å². The Labute approximate surface area is 124 Å². The highest BCUT2D eigenvalue weighted by molar-refractivity contribution is 5.90. The van der Waals surface area contributed by atoms with Crippen molar-refractivity contribution >= 4 is 17.3 Å². The van der Waals surface area contributed by atoms with Gasteiger partial charge in [-0.3, -0.25) is 9.78 Å². The summed E-state index contributed by atoms with van der Waals surface area (Å²) in [4.78, 5) is 15.5. The lowest BCUT2D eigenvalue weighted by Gasteiger charge is -2.13. The van der Waals surface area contributed by atoms with E-state index >= 15 is 0 Å². The van der Waals surface area contributed by atoms with Gasteiger partial charge in [0.25, 0.3) is 0 Å². The number of aromatic nitrogens is 1. The van der Waals surface area contributed by atoms with Crippen molar-refractivity contribution in [3.8, 4) is 5.75 Å². The number of nitrogens with zero attached hydrogens (tertiary/aromatic N) is 1. The molecule has 0 atom stereocenters. The van der Waals surface area contributed by atoms with Crippen molar-refractivity contribution in [3.63, 3.8) is 0 Å². The Balaban J connectivity index is 2.17. The number of pyridine rings is 1. The molecule has 2 rings (SSSR count). The first-order valence-electron chi connectivity index (χ1n) is 6.69. The molecule has 5 heteroatoms. The fraction of sp³-hybridized carbons (Fsp3) is 0.250. The SMILES string of the molecule is CC(=O)Nc1ccccc1OCc1ncc(C)c(N)c1C. The number of nitrogen functional groups attached to an aromatic ring is 1. The van der Waals surface area contributed by atoms with Crippen LogP contribution in [0.2, 0.25) is 0 Å². The van der Waals surface area contributed by atoms with Crippen LogP contribution in [0.5, 0.6) is 5.75 Å². The number of amides is 1. The molecule has 1 aromatic heterocycles. The second-order valence-corrected chi connectivity index (χ2v) is 4.89. The van der Waals surface area contributed by atoms with Crippen LogP contribution in [0, 0.1) is 13.8 Å². The van der Waals surface area contributed by atoms with Crippen LogP contribution in [0.3, 0.4) is 0 Å². The number of hydrogen-bond donors (Lipinski definition) is 2. The van der Waals surface area contributed by atoms with Gasteiger partial charge in [-0.1, -0.05) is 12.1 Å². The van der Waals surface area contributed by atoms with Crippen LogP contribution in [0.15, 0.2) is 30.5 Å². The minimum atomic E-state index is -0.139. The highest BCUT2D eigenvalue weighted by Crippen LogP contribution is 2.25. The largest absolute Gasteiger partial charge is 0.485 e. The molecule has 1 heterocycles. The van der Waals surface area contributed by atoms with E-state index in [1.165, 1.54) is 6.92 Å². The summed E-state index contributed by atoms with van der Waals surface area (Å²) in [6.07, 6.45) is 1.74. The van der Waals surface area contributed by atoms with E-state index in [1.807, 2.05) is 26.0 Å². The zero-order valence-corrected chi connectivity index (χ0v) is 12.4. The molecule has 0 aliphatic carbocycles. The van der Waals surface area contributed by atoms with Gasteiger partial charge < -0.3 is 15.8 Å². The van der Waals surface area contributed by atoms with Crippen LogP contribution in [0.25, 0.3) is 0 Å². The smallest absolute Gasteiger partial charge is 0.221 e. The summed E-state index contributed by atoms with van der Waals surface area (Å²) in [5.74, 6) is 0.466. The third-order valence-corrected chi connectivity index (χ3v) is 3.24. The molecule has 1 amide bonds. The Kier molecular flexibility index (Phi) is 4.42. The molecule has 5 nitrogen and oxygen atoms in total. The molecule has 0 saturated carbocycles. The van der Waals surface area contributed by atoms with E-state index in [0.29, 0.717) is 18.0 Å². The Morgan fingerprint density at radius 1 is 1.33 bits per heavy atom. The summed E-state index contributed by atoms with van der Waals surface area (Å²) >= 11 is 0. The molecule has 3 N–H and O–H groups in total. The maximum Gasteiger partial charge on any atom is 0.221 e. The first-order chi connectivity index (χ1) is 9.99. The first-order valence-corrected chi connectivity index (χ1v) is 6.69. The third-order valence-electron chi connectivity index (χ3n) is 3.24. The molecule has 21 heavy (non-hydrogen) atoms. The highest BCUT2D eigenvalue weighted by atomic mass is 16.5. The fourth-order valence-electron chi connectivity index (χ4n) is 1.97. The number of ether oxygens (including phenoxy) is 1. The molecule has 0 spiro atoms. The van der Waals surface area contributed by atoms with Crippen molar-refractivity contribution in [1.29, 1.82) is 0 Å². The minimum absolute atomic E-state index is 0.139. The predicted molar refractivity (Wildman–Crippen MR) is 83.2 cm³/mol. The van der Waals surface area contributed by atoms with E-state index in [1.54, 1.807) is 18.3 Å². The van der Waals surface area contributed by atoms with Gasteiger partial charge in [0, 0.05) is 18.8 Å². The Morgan fingerprint density at radius 2 is 2.05 bits per heavy atom. The molecule has 110 valence electrons. The second kappa shape index (κ2) is 6.26. The van der Waals surface area contributed by atoms with Crippen molar-refractivity contribution in [3.05, 3.63) is 47.3 Å². The van der Waals surface area contributed by atoms with Crippen molar-refractivity contribution in [1.82, 2.24) is 4.98 Å². The van der Waals surface area contributed by atoms with Crippen LogP contribution in [0.4, 0.5) is 11.4 Å². The summed E-state index contributed by atoms with van der Waals surface area (Å²) < 4.78 is 5.77. The minimum Gasteiger partial charge on any atom is -0.485 e. The van der Waals surface area contributed by atoms with Gasteiger partial charge >= 0.3 is 0 Å². The summed E-state index contributed by atoms with van der Waals surface area (Å²) in [5.41, 5.74) is 10.0. The van der Waals surface area contributed by atoms with E-state index in [2.05, 4.69) is 10.3 Å². The Bertz CT molecular complexity index is 669. The first kappa shape index (κ1) is 14.8. The molecule has 0 bridgehead atoms. The number of anilines is 2. The number of carbonyl (C=O) groups is 1. The molecule has 0 radical (unpaired) electrons. The lowest BCUT2D eigenvalue weighted by molar-refractivity contribution is -0.114. The molecule has 0 aliphatic heterocycles. The van der Waals surface area contributed by atoms with Gasteiger partial charge in [0.05, 0.1) is 11.4 Å². The summed E-state index contributed by atoms with van der Waals surface area (Å²) in [5, 5.41) is 2.74. The van der Waals surface area contributed by atoms with E-state index in [0.717, 1.165) is 22.5 Å². The van der Waals surface area contributed by atoms with Crippen molar-refractivity contribution in [2.24, 2.45) is 0 Å². The molecular weight excluding hydrogens is 266 g/mol. The zero-order valence-electron chi connectivity index (χ0n) is 12.4. The van der Waals surface area contributed by atoms with Crippen LogP contribution in [-0.2, 0) is 11.4 Å². The number of nitrogens with two attached hydrogens (primary N) is 1. The second-order valence-electron chi connectivity index (χ2n) is 4.89.